The lowest BCUT2D eigenvalue weighted by Crippen LogP contribution is -2.58. The van der Waals surface area contributed by atoms with E-state index in [1.807, 2.05) is 17.9 Å². The fourth-order valence-corrected chi connectivity index (χ4v) is 6.64. The third-order valence-corrected chi connectivity index (χ3v) is 6.68. The van der Waals surface area contributed by atoms with Crippen molar-refractivity contribution in [3.8, 4) is 0 Å². The molecule has 4 fully saturated rings. The zero-order chi connectivity index (χ0) is 14.7. The minimum atomic E-state index is 0.545. The van der Waals surface area contributed by atoms with Gasteiger partial charge in [-0.15, -0.1) is 0 Å². The van der Waals surface area contributed by atoms with E-state index in [1.165, 1.54) is 44.1 Å². The molecule has 1 aromatic heterocycles. The number of likely N-dealkylation sites (N-methyl/N-ethyl adjacent to an activating group) is 1. The van der Waals surface area contributed by atoms with Crippen LogP contribution in [-0.2, 0) is 13.5 Å². The lowest BCUT2D eigenvalue weighted by atomic mass is 9.43. The Kier molecular flexibility index (Phi) is 3.01. The highest BCUT2D eigenvalue weighted by atomic mass is 15.2. The second-order valence-electron chi connectivity index (χ2n) is 8.70. The molecule has 3 nitrogen and oxygen atoms in total. The first-order valence-corrected chi connectivity index (χ1v) is 8.65. The molecule has 3 atom stereocenters. The highest BCUT2D eigenvalue weighted by Crippen LogP contribution is 2.66. The van der Waals surface area contributed by atoms with Gasteiger partial charge in [-0.2, -0.15) is 5.10 Å². The van der Waals surface area contributed by atoms with Gasteiger partial charge in [-0.1, -0.05) is 6.92 Å². The zero-order valence-corrected chi connectivity index (χ0v) is 13.7. The molecule has 0 amide bonds. The maximum Gasteiger partial charge on any atom is 0.0522 e. The fourth-order valence-electron chi connectivity index (χ4n) is 6.64. The van der Waals surface area contributed by atoms with Crippen LogP contribution in [0.25, 0.3) is 0 Å². The molecule has 3 heteroatoms. The second kappa shape index (κ2) is 4.58. The predicted octanol–water partition coefficient (Wildman–Crippen LogP) is 3.16. The summed E-state index contributed by atoms with van der Waals surface area (Å²) in [5.74, 6) is 2.00. The summed E-state index contributed by atoms with van der Waals surface area (Å²) in [4.78, 5) is 0. The summed E-state index contributed by atoms with van der Waals surface area (Å²) in [6.07, 6.45) is 14.2. The highest BCUT2D eigenvalue weighted by molar-refractivity contribution is 5.14. The van der Waals surface area contributed by atoms with E-state index in [1.54, 1.807) is 0 Å². The molecule has 0 saturated heterocycles. The minimum absolute atomic E-state index is 0.545. The van der Waals surface area contributed by atoms with Crippen molar-refractivity contribution in [2.75, 3.05) is 7.05 Å². The van der Waals surface area contributed by atoms with Crippen LogP contribution in [0, 0.1) is 22.7 Å². The van der Waals surface area contributed by atoms with Gasteiger partial charge in [0, 0.05) is 19.3 Å². The smallest absolute Gasteiger partial charge is 0.0522 e. The summed E-state index contributed by atoms with van der Waals surface area (Å²) in [7, 11) is 4.19. The van der Waals surface area contributed by atoms with Crippen molar-refractivity contribution in [3.05, 3.63) is 18.0 Å². The number of nitrogens with one attached hydrogen (secondary N) is 1. The summed E-state index contributed by atoms with van der Waals surface area (Å²) in [5, 5.41) is 8.05. The van der Waals surface area contributed by atoms with Gasteiger partial charge in [0.05, 0.1) is 6.20 Å². The molecule has 0 aromatic carbocycles. The summed E-state index contributed by atoms with van der Waals surface area (Å²) < 4.78 is 1.93. The SMILES string of the molecule is CNC(Cc1cnn(C)c1)C12CC3CC(CC(C)(C3)C1)C2. The maximum absolute atomic E-state index is 4.35. The van der Waals surface area contributed by atoms with Crippen molar-refractivity contribution in [1.82, 2.24) is 15.1 Å². The van der Waals surface area contributed by atoms with Gasteiger partial charge >= 0.3 is 0 Å². The average molecular weight is 287 g/mol. The third-order valence-electron chi connectivity index (χ3n) is 6.68. The molecule has 1 N–H and O–H groups in total. The van der Waals surface area contributed by atoms with E-state index in [4.69, 9.17) is 0 Å². The summed E-state index contributed by atoms with van der Waals surface area (Å²) in [6.45, 7) is 2.57. The van der Waals surface area contributed by atoms with Crippen molar-refractivity contribution in [2.45, 2.75) is 57.9 Å². The molecule has 1 aromatic rings. The summed E-state index contributed by atoms with van der Waals surface area (Å²) in [5.41, 5.74) is 2.56. The van der Waals surface area contributed by atoms with E-state index in [0.29, 0.717) is 16.9 Å². The molecule has 1 heterocycles. The van der Waals surface area contributed by atoms with Crippen LogP contribution in [-0.4, -0.2) is 22.9 Å². The summed E-state index contributed by atoms with van der Waals surface area (Å²) >= 11 is 0. The Hall–Kier alpha value is -0.830. The van der Waals surface area contributed by atoms with E-state index < -0.39 is 0 Å². The number of hydrogen-bond donors (Lipinski definition) is 1. The Morgan fingerprint density at radius 1 is 1.33 bits per heavy atom. The molecule has 4 aliphatic carbocycles. The quantitative estimate of drug-likeness (QED) is 0.922. The van der Waals surface area contributed by atoms with Crippen LogP contribution in [0.3, 0.4) is 0 Å². The molecule has 0 spiro atoms. The normalized spacial score (nSPS) is 42.4. The Morgan fingerprint density at radius 3 is 2.57 bits per heavy atom. The van der Waals surface area contributed by atoms with Gasteiger partial charge in [-0.05, 0) is 80.2 Å². The van der Waals surface area contributed by atoms with Gasteiger partial charge in [0.1, 0.15) is 0 Å². The van der Waals surface area contributed by atoms with Gasteiger partial charge in [-0.3, -0.25) is 4.68 Å². The maximum atomic E-state index is 4.35. The molecular weight excluding hydrogens is 258 g/mol. The van der Waals surface area contributed by atoms with Crippen LogP contribution in [0.1, 0.15) is 51.0 Å². The van der Waals surface area contributed by atoms with E-state index in [9.17, 15) is 0 Å². The van der Waals surface area contributed by atoms with Gasteiger partial charge in [0.15, 0.2) is 0 Å². The van der Waals surface area contributed by atoms with Crippen LogP contribution in [0.15, 0.2) is 12.4 Å². The monoisotopic (exact) mass is 287 g/mol. The van der Waals surface area contributed by atoms with Crippen molar-refractivity contribution < 1.29 is 0 Å². The van der Waals surface area contributed by atoms with Crippen molar-refractivity contribution in [1.29, 1.82) is 0 Å². The Bertz CT molecular complexity index is 518. The van der Waals surface area contributed by atoms with Crippen LogP contribution in [0.2, 0.25) is 0 Å². The predicted molar refractivity (Wildman–Crippen MR) is 85.0 cm³/mol. The van der Waals surface area contributed by atoms with E-state index >= 15 is 0 Å². The van der Waals surface area contributed by atoms with Gasteiger partial charge in [0.2, 0.25) is 0 Å². The van der Waals surface area contributed by atoms with Crippen LogP contribution < -0.4 is 5.32 Å². The molecule has 4 aliphatic rings. The molecule has 116 valence electrons. The number of aromatic nitrogens is 2. The van der Waals surface area contributed by atoms with Crippen molar-refractivity contribution >= 4 is 0 Å². The van der Waals surface area contributed by atoms with E-state index in [-0.39, 0.29) is 0 Å². The third kappa shape index (κ3) is 2.25. The Balaban J connectivity index is 1.60. The van der Waals surface area contributed by atoms with Crippen molar-refractivity contribution in [2.24, 2.45) is 29.7 Å². The van der Waals surface area contributed by atoms with Crippen molar-refractivity contribution in [3.63, 3.8) is 0 Å². The number of nitrogens with zero attached hydrogens (tertiary/aromatic N) is 2. The van der Waals surface area contributed by atoms with Crippen LogP contribution >= 0.6 is 0 Å². The van der Waals surface area contributed by atoms with Gasteiger partial charge in [-0.25, -0.2) is 0 Å². The molecular formula is C18H29N3. The number of aryl methyl sites for hydroxylation is 1. The minimum Gasteiger partial charge on any atom is -0.316 e. The average Bonchev–Trinajstić information content (AvgIpc) is 2.78. The molecule has 4 saturated carbocycles. The summed E-state index contributed by atoms with van der Waals surface area (Å²) in [6, 6.07) is 0.618. The zero-order valence-electron chi connectivity index (χ0n) is 13.7. The first kappa shape index (κ1) is 13.8. The number of rotatable bonds is 4. The largest absolute Gasteiger partial charge is 0.316 e. The van der Waals surface area contributed by atoms with Crippen LogP contribution in [0.4, 0.5) is 0 Å². The lowest BCUT2D eigenvalue weighted by molar-refractivity contribution is -0.117. The lowest BCUT2D eigenvalue weighted by Gasteiger charge is -2.63. The fraction of sp³-hybridized carbons (Fsp3) is 0.833. The number of hydrogen-bond acceptors (Lipinski definition) is 2. The standard InChI is InChI=1S/C18H29N3/c1-17-6-13-4-14(7-17)9-18(8-13,12-17)16(19-2)5-15-10-20-21(3)11-15/h10-11,13-14,16,19H,4-9,12H2,1-3H3. The topological polar surface area (TPSA) is 29.9 Å². The second-order valence-corrected chi connectivity index (χ2v) is 8.70. The van der Waals surface area contributed by atoms with Crippen LogP contribution in [0.5, 0.6) is 0 Å². The molecule has 4 bridgehead atoms. The van der Waals surface area contributed by atoms with Gasteiger partial charge < -0.3 is 5.32 Å². The molecule has 5 rings (SSSR count). The van der Waals surface area contributed by atoms with E-state index in [2.05, 4.69) is 30.6 Å². The Labute approximate surface area is 128 Å². The molecule has 0 radical (unpaired) electrons. The highest BCUT2D eigenvalue weighted by Gasteiger charge is 2.57. The van der Waals surface area contributed by atoms with Gasteiger partial charge in [0.25, 0.3) is 0 Å². The van der Waals surface area contributed by atoms with E-state index in [0.717, 1.165) is 18.3 Å². The molecule has 0 aliphatic heterocycles. The molecule has 21 heavy (non-hydrogen) atoms. The Morgan fingerprint density at radius 2 is 2.05 bits per heavy atom. The molecule has 3 unspecified atom stereocenters. The first-order valence-electron chi connectivity index (χ1n) is 8.65. The first-order chi connectivity index (χ1) is 10.0.